The number of sulfone groups is 1. The molecule has 5 heteroatoms. The molecule has 0 spiro atoms. The molecule has 0 saturated carbocycles. The predicted molar refractivity (Wildman–Crippen MR) is 60.8 cm³/mol. The molecule has 0 aliphatic heterocycles. The zero-order chi connectivity index (χ0) is 11.6. The molecule has 0 saturated heterocycles. The van der Waals surface area contributed by atoms with E-state index >= 15 is 0 Å². The summed E-state index contributed by atoms with van der Waals surface area (Å²) < 4.78 is 33.5. The van der Waals surface area contributed by atoms with Crippen LogP contribution in [-0.4, -0.2) is 13.5 Å². The van der Waals surface area contributed by atoms with E-state index in [0.29, 0.717) is 0 Å². The van der Waals surface area contributed by atoms with Crippen molar-refractivity contribution in [3.05, 3.63) is 28.8 Å². The lowest BCUT2D eigenvalue weighted by atomic mass is 10.1. The first kappa shape index (κ1) is 12.3. The Balaban J connectivity index is 3.35. The van der Waals surface area contributed by atoms with Gasteiger partial charge in [-0.1, -0.05) is 0 Å². The Morgan fingerprint density at radius 2 is 1.60 bits per heavy atom. The van der Waals surface area contributed by atoms with Crippen molar-refractivity contribution in [1.29, 1.82) is 0 Å². The quantitative estimate of drug-likeness (QED) is 0.763. The normalized spacial score (nSPS) is 11.4. The molecule has 0 atom stereocenters. The van der Waals surface area contributed by atoms with Crippen molar-refractivity contribution in [2.75, 3.05) is 5.08 Å². The van der Waals surface area contributed by atoms with Crippen molar-refractivity contribution in [2.24, 2.45) is 0 Å². The molecule has 0 heterocycles. The maximum Gasteiger partial charge on any atom is 0.476 e. The van der Waals surface area contributed by atoms with Crippen LogP contribution in [0.3, 0.4) is 0 Å². The van der Waals surface area contributed by atoms with E-state index in [-0.39, 0.29) is 16.6 Å². The average molecular weight is 245 g/mol. The first-order valence-electron chi connectivity index (χ1n) is 4.44. The van der Waals surface area contributed by atoms with Crippen molar-refractivity contribution in [3.63, 3.8) is 0 Å². The molecule has 0 aliphatic carbocycles. The van der Waals surface area contributed by atoms with Gasteiger partial charge in [-0.25, -0.2) is 8.42 Å². The molecule has 0 aromatic heterocycles. The zero-order valence-electron chi connectivity index (χ0n) is 8.90. The molecule has 0 fully saturated rings. The lowest BCUT2D eigenvalue weighted by molar-refractivity contribution is 0.595. The minimum absolute atomic E-state index is 0.0814. The van der Waals surface area contributed by atoms with Gasteiger partial charge in [-0.3, -0.25) is 0 Å². The second-order valence-electron chi connectivity index (χ2n) is 3.53. The van der Waals surface area contributed by atoms with E-state index in [2.05, 4.69) is 0 Å². The van der Waals surface area contributed by atoms with Gasteiger partial charge in [0.05, 0.1) is 4.90 Å². The summed E-state index contributed by atoms with van der Waals surface area (Å²) in [5, 5.41) is -0.408. The van der Waals surface area contributed by atoms with Crippen LogP contribution in [0.2, 0.25) is 0 Å². The third-order valence-electron chi connectivity index (χ3n) is 2.46. The standard InChI is InChI=1S/C10H13O3S2/c1-7-4-10(5-8(2)9(7)3)15(12,13)6-14-11/h4-5H,6H2,1-3H3/q+1. The highest BCUT2D eigenvalue weighted by atomic mass is 32.3. The maximum atomic E-state index is 11.6. The number of hydrogen-bond acceptors (Lipinski definition) is 3. The Morgan fingerprint density at radius 1 is 1.13 bits per heavy atom. The van der Waals surface area contributed by atoms with Crippen LogP contribution in [0.1, 0.15) is 16.7 Å². The molecule has 1 aromatic rings. The van der Waals surface area contributed by atoms with Crippen LogP contribution in [0.4, 0.5) is 0 Å². The molecule has 1 aromatic carbocycles. The monoisotopic (exact) mass is 245 g/mol. The van der Waals surface area contributed by atoms with Crippen LogP contribution in [0.15, 0.2) is 17.0 Å². The fourth-order valence-corrected chi connectivity index (χ4v) is 3.07. The summed E-state index contributed by atoms with van der Waals surface area (Å²) in [7, 11) is -3.42. The van der Waals surface area contributed by atoms with Gasteiger partial charge in [-0.15, -0.1) is 0 Å². The first-order valence-corrected chi connectivity index (χ1v) is 7.00. The molecular formula is C10H13O3S2+. The largest absolute Gasteiger partial charge is 0.476 e. The minimum Gasteiger partial charge on any atom is -0.218 e. The second-order valence-corrected chi connectivity index (χ2v) is 6.41. The highest BCUT2D eigenvalue weighted by Crippen LogP contribution is 2.19. The third-order valence-corrected chi connectivity index (χ3v) is 5.04. The van der Waals surface area contributed by atoms with E-state index in [1.807, 2.05) is 20.8 Å². The van der Waals surface area contributed by atoms with Gasteiger partial charge in [-0.2, -0.15) is 0 Å². The van der Waals surface area contributed by atoms with Crippen molar-refractivity contribution in [3.8, 4) is 0 Å². The van der Waals surface area contributed by atoms with Gasteiger partial charge < -0.3 is 0 Å². The molecule has 1 rings (SSSR count). The fraction of sp³-hybridized carbons (Fsp3) is 0.400. The first-order chi connectivity index (χ1) is 6.88. The summed E-state index contributed by atoms with van der Waals surface area (Å²) >= 11 is 0.0814. The lowest BCUT2D eigenvalue weighted by Gasteiger charge is -2.06. The summed E-state index contributed by atoms with van der Waals surface area (Å²) in [5.41, 5.74) is 2.96. The molecule has 0 unspecified atom stereocenters. The Hall–Kier alpha value is -0.810. The van der Waals surface area contributed by atoms with Gasteiger partial charge in [0.2, 0.25) is 9.84 Å². The van der Waals surface area contributed by atoms with Crippen LogP contribution in [0.5, 0.6) is 0 Å². The van der Waals surface area contributed by atoms with Gasteiger partial charge in [-0.05, 0) is 49.6 Å². The molecule has 0 aliphatic rings. The number of rotatable bonds is 3. The summed E-state index contributed by atoms with van der Waals surface area (Å²) in [6, 6.07) is 3.24. The number of hydrogen-bond donors (Lipinski definition) is 0. The van der Waals surface area contributed by atoms with Crippen LogP contribution in [-0.2, 0) is 25.7 Å². The van der Waals surface area contributed by atoms with Crippen LogP contribution in [0, 0.1) is 20.8 Å². The van der Waals surface area contributed by atoms with Gasteiger partial charge in [0, 0.05) is 4.21 Å². The van der Waals surface area contributed by atoms with E-state index in [9.17, 15) is 12.6 Å². The van der Waals surface area contributed by atoms with Gasteiger partial charge >= 0.3 is 16.8 Å². The van der Waals surface area contributed by atoms with Crippen LogP contribution >= 0.6 is 0 Å². The van der Waals surface area contributed by atoms with E-state index < -0.39 is 14.9 Å². The molecule has 0 radical (unpaired) electrons. The Kier molecular flexibility index (Phi) is 3.57. The lowest BCUT2D eigenvalue weighted by Crippen LogP contribution is -2.06. The van der Waals surface area contributed by atoms with Crippen molar-refractivity contribution in [1.82, 2.24) is 0 Å². The minimum atomic E-state index is -3.42. The van der Waals surface area contributed by atoms with Gasteiger partial charge in [0.1, 0.15) is 0 Å². The Bertz CT molecular complexity index is 466. The molecule has 0 N–H and O–H groups in total. The molecule has 82 valence electrons. The molecule has 0 bridgehead atoms. The topological polar surface area (TPSA) is 51.2 Å². The van der Waals surface area contributed by atoms with Crippen LogP contribution < -0.4 is 0 Å². The molecular weight excluding hydrogens is 232 g/mol. The molecule has 0 amide bonds. The summed E-state index contributed by atoms with van der Waals surface area (Å²) in [5.74, 6) is 0. The van der Waals surface area contributed by atoms with E-state index in [1.54, 1.807) is 12.1 Å². The molecule has 15 heavy (non-hydrogen) atoms. The van der Waals surface area contributed by atoms with Crippen molar-refractivity contribution >= 4 is 21.5 Å². The van der Waals surface area contributed by atoms with Crippen molar-refractivity contribution in [2.45, 2.75) is 25.7 Å². The number of aryl methyl sites for hydroxylation is 2. The Labute approximate surface area is 93.9 Å². The highest BCUT2D eigenvalue weighted by Gasteiger charge is 2.22. The Morgan fingerprint density at radius 3 is 2.00 bits per heavy atom. The fourth-order valence-electron chi connectivity index (χ4n) is 1.31. The zero-order valence-corrected chi connectivity index (χ0v) is 10.5. The summed E-state index contributed by atoms with van der Waals surface area (Å²) in [6.07, 6.45) is 0. The molecule has 3 nitrogen and oxygen atoms in total. The maximum absolute atomic E-state index is 11.6. The van der Waals surface area contributed by atoms with Crippen LogP contribution in [0.25, 0.3) is 0 Å². The van der Waals surface area contributed by atoms with E-state index in [0.717, 1.165) is 16.7 Å². The van der Waals surface area contributed by atoms with Crippen molar-refractivity contribution < 1.29 is 12.6 Å². The SMILES string of the molecule is Cc1cc(S(=O)(=O)C[S+]=O)cc(C)c1C. The van der Waals surface area contributed by atoms with Gasteiger partial charge in [0.25, 0.3) is 0 Å². The summed E-state index contributed by atoms with van der Waals surface area (Å²) in [4.78, 5) is 0.242. The third kappa shape index (κ3) is 2.60. The number of benzene rings is 1. The van der Waals surface area contributed by atoms with E-state index in [4.69, 9.17) is 0 Å². The average Bonchev–Trinajstić information content (AvgIpc) is 2.13. The van der Waals surface area contributed by atoms with Gasteiger partial charge in [0.15, 0.2) is 0 Å². The van der Waals surface area contributed by atoms with E-state index in [1.165, 1.54) is 0 Å². The second kappa shape index (κ2) is 4.37. The highest BCUT2D eigenvalue weighted by molar-refractivity contribution is 7.99. The summed E-state index contributed by atoms with van der Waals surface area (Å²) in [6.45, 7) is 5.68. The predicted octanol–water partition coefficient (Wildman–Crippen LogP) is 1.77. The smallest absolute Gasteiger partial charge is 0.218 e.